The highest BCUT2D eigenvalue weighted by atomic mass is 16.5. The first kappa shape index (κ1) is 16.4. The van der Waals surface area contributed by atoms with Gasteiger partial charge in [-0.2, -0.15) is 0 Å². The topological polar surface area (TPSA) is 58.6 Å². The van der Waals surface area contributed by atoms with Crippen molar-refractivity contribution in [2.45, 2.75) is 83.5 Å². The van der Waals surface area contributed by atoms with Gasteiger partial charge in [0.05, 0.1) is 12.2 Å². The SMILES string of the molecule is CCC(O)CCNC(=O)C(C)OC1CCCCCC1. The Morgan fingerprint density at radius 2 is 1.95 bits per heavy atom. The van der Waals surface area contributed by atoms with E-state index in [9.17, 15) is 9.90 Å². The van der Waals surface area contributed by atoms with Gasteiger partial charge in [-0.1, -0.05) is 32.6 Å². The van der Waals surface area contributed by atoms with Crippen molar-refractivity contribution in [2.24, 2.45) is 0 Å². The third-order valence-electron chi connectivity index (χ3n) is 3.82. The Hall–Kier alpha value is -0.610. The molecule has 4 nitrogen and oxygen atoms in total. The maximum Gasteiger partial charge on any atom is 0.248 e. The molecule has 2 atom stereocenters. The fraction of sp³-hybridized carbons (Fsp3) is 0.933. The lowest BCUT2D eigenvalue weighted by Gasteiger charge is -2.21. The van der Waals surface area contributed by atoms with Crippen LogP contribution in [-0.4, -0.2) is 35.9 Å². The first-order valence-electron chi connectivity index (χ1n) is 7.74. The van der Waals surface area contributed by atoms with Crippen LogP contribution in [0.25, 0.3) is 0 Å². The highest BCUT2D eigenvalue weighted by Crippen LogP contribution is 2.20. The number of aliphatic hydroxyl groups is 1. The largest absolute Gasteiger partial charge is 0.393 e. The molecule has 1 aliphatic carbocycles. The van der Waals surface area contributed by atoms with Gasteiger partial charge >= 0.3 is 0 Å². The maximum absolute atomic E-state index is 11.9. The molecule has 0 aromatic heterocycles. The molecule has 1 amide bonds. The van der Waals surface area contributed by atoms with Crippen LogP contribution in [0.5, 0.6) is 0 Å². The van der Waals surface area contributed by atoms with Crippen molar-refractivity contribution in [1.29, 1.82) is 0 Å². The lowest BCUT2D eigenvalue weighted by Crippen LogP contribution is -2.38. The summed E-state index contributed by atoms with van der Waals surface area (Å²) in [5.41, 5.74) is 0. The Morgan fingerprint density at radius 3 is 2.53 bits per heavy atom. The zero-order valence-corrected chi connectivity index (χ0v) is 12.4. The van der Waals surface area contributed by atoms with E-state index in [4.69, 9.17) is 4.74 Å². The van der Waals surface area contributed by atoms with Crippen LogP contribution < -0.4 is 5.32 Å². The lowest BCUT2D eigenvalue weighted by molar-refractivity contribution is -0.135. The summed E-state index contributed by atoms with van der Waals surface area (Å²) in [4.78, 5) is 11.9. The summed E-state index contributed by atoms with van der Waals surface area (Å²) in [6.45, 7) is 4.27. The maximum atomic E-state index is 11.9. The van der Waals surface area contributed by atoms with Gasteiger partial charge in [0, 0.05) is 6.54 Å². The first-order chi connectivity index (χ1) is 9.13. The number of aliphatic hydroxyl groups excluding tert-OH is 1. The summed E-state index contributed by atoms with van der Waals surface area (Å²) in [7, 11) is 0. The minimum atomic E-state index is -0.387. The molecule has 0 aromatic rings. The third-order valence-corrected chi connectivity index (χ3v) is 3.82. The Kier molecular flexibility index (Phi) is 8.07. The summed E-state index contributed by atoms with van der Waals surface area (Å²) in [6, 6.07) is 0. The Morgan fingerprint density at radius 1 is 1.32 bits per heavy atom. The van der Waals surface area contributed by atoms with Crippen molar-refractivity contribution < 1.29 is 14.6 Å². The van der Waals surface area contributed by atoms with Crippen LogP contribution in [-0.2, 0) is 9.53 Å². The number of ether oxygens (including phenoxy) is 1. The highest BCUT2D eigenvalue weighted by Gasteiger charge is 2.20. The molecule has 0 radical (unpaired) electrons. The molecule has 19 heavy (non-hydrogen) atoms. The molecule has 0 aliphatic heterocycles. The molecule has 1 aliphatic rings. The van der Waals surface area contributed by atoms with Gasteiger partial charge in [0.1, 0.15) is 6.10 Å². The van der Waals surface area contributed by atoms with Crippen molar-refractivity contribution in [1.82, 2.24) is 5.32 Å². The minimum absolute atomic E-state index is 0.0625. The molecule has 0 spiro atoms. The van der Waals surface area contributed by atoms with Crippen LogP contribution >= 0.6 is 0 Å². The number of hydrogen-bond donors (Lipinski definition) is 2. The van der Waals surface area contributed by atoms with E-state index in [1.54, 1.807) is 0 Å². The van der Waals surface area contributed by atoms with Gasteiger partial charge in [-0.3, -0.25) is 4.79 Å². The van der Waals surface area contributed by atoms with Crippen LogP contribution in [0.3, 0.4) is 0 Å². The summed E-state index contributed by atoms with van der Waals surface area (Å²) in [5, 5.41) is 12.2. The molecule has 112 valence electrons. The average molecular weight is 271 g/mol. The molecule has 1 saturated carbocycles. The molecular weight excluding hydrogens is 242 g/mol. The van der Waals surface area contributed by atoms with Crippen molar-refractivity contribution in [3.63, 3.8) is 0 Å². The van der Waals surface area contributed by atoms with Crippen LogP contribution in [0.1, 0.15) is 65.2 Å². The smallest absolute Gasteiger partial charge is 0.248 e. The molecular formula is C15H29NO3. The van der Waals surface area contributed by atoms with Crippen molar-refractivity contribution in [3.05, 3.63) is 0 Å². The zero-order valence-electron chi connectivity index (χ0n) is 12.4. The van der Waals surface area contributed by atoms with E-state index in [1.807, 2.05) is 13.8 Å². The molecule has 1 fully saturated rings. The Labute approximate surface area is 116 Å². The van der Waals surface area contributed by atoms with Gasteiger partial charge in [0.25, 0.3) is 0 Å². The molecule has 0 aromatic carbocycles. The van der Waals surface area contributed by atoms with E-state index in [0.717, 1.165) is 19.3 Å². The summed E-state index contributed by atoms with van der Waals surface area (Å²) in [6.07, 6.45) is 8.01. The molecule has 0 heterocycles. The zero-order chi connectivity index (χ0) is 14.1. The second-order valence-electron chi connectivity index (χ2n) is 5.53. The lowest BCUT2D eigenvalue weighted by atomic mass is 10.1. The van der Waals surface area contributed by atoms with Crippen LogP contribution in [0.2, 0.25) is 0 Å². The standard InChI is InChI=1S/C15H29NO3/c1-3-13(17)10-11-16-15(18)12(2)19-14-8-6-4-5-7-9-14/h12-14,17H,3-11H2,1-2H3,(H,16,18). The van der Waals surface area contributed by atoms with E-state index < -0.39 is 0 Å². The van der Waals surface area contributed by atoms with Crippen molar-refractivity contribution >= 4 is 5.91 Å². The van der Waals surface area contributed by atoms with Gasteiger partial charge in [-0.05, 0) is 32.6 Å². The summed E-state index contributed by atoms with van der Waals surface area (Å²) >= 11 is 0. The molecule has 2 unspecified atom stereocenters. The number of rotatable bonds is 7. The van der Waals surface area contributed by atoms with Gasteiger partial charge < -0.3 is 15.2 Å². The van der Waals surface area contributed by atoms with E-state index in [1.165, 1.54) is 25.7 Å². The number of carbonyl (C=O) groups excluding carboxylic acids is 1. The predicted octanol–water partition coefficient (Wildman–Crippen LogP) is 2.39. The Balaban J connectivity index is 2.19. The minimum Gasteiger partial charge on any atom is -0.393 e. The highest BCUT2D eigenvalue weighted by molar-refractivity contribution is 5.80. The fourth-order valence-corrected chi connectivity index (χ4v) is 2.44. The van der Waals surface area contributed by atoms with E-state index >= 15 is 0 Å². The molecule has 2 N–H and O–H groups in total. The van der Waals surface area contributed by atoms with E-state index in [-0.39, 0.29) is 24.2 Å². The third kappa shape index (κ3) is 6.92. The van der Waals surface area contributed by atoms with Crippen LogP contribution in [0.15, 0.2) is 0 Å². The van der Waals surface area contributed by atoms with E-state index in [2.05, 4.69) is 5.32 Å². The van der Waals surface area contributed by atoms with Gasteiger partial charge in [0.2, 0.25) is 5.91 Å². The Bertz CT molecular complexity index is 250. The van der Waals surface area contributed by atoms with Crippen LogP contribution in [0.4, 0.5) is 0 Å². The number of amides is 1. The summed E-state index contributed by atoms with van der Waals surface area (Å²) in [5.74, 6) is -0.0625. The molecule has 4 heteroatoms. The first-order valence-corrected chi connectivity index (χ1v) is 7.74. The fourth-order valence-electron chi connectivity index (χ4n) is 2.44. The number of carbonyl (C=O) groups is 1. The molecule has 0 saturated heterocycles. The average Bonchev–Trinajstić information content (AvgIpc) is 2.66. The molecule has 1 rings (SSSR count). The van der Waals surface area contributed by atoms with E-state index in [0.29, 0.717) is 13.0 Å². The molecule has 0 bridgehead atoms. The second kappa shape index (κ2) is 9.32. The quantitative estimate of drug-likeness (QED) is 0.699. The van der Waals surface area contributed by atoms with Crippen molar-refractivity contribution in [2.75, 3.05) is 6.54 Å². The van der Waals surface area contributed by atoms with Gasteiger partial charge in [-0.15, -0.1) is 0 Å². The normalized spacial score (nSPS) is 20.6. The van der Waals surface area contributed by atoms with Gasteiger partial charge in [-0.25, -0.2) is 0 Å². The predicted molar refractivity (Wildman–Crippen MR) is 76.0 cm³/mol. The number of nitrogens with one attached hydrogen (secondary N) is 1. The van der Waals surface area contributed by atoms with Gasteiger partial charge in [0.15, 0.2) is 0 Å². The van der Waals surface area contributed by atoms with Crippen molar-refractivity contribution in [3.8, 4) is 0 Å². The monoisotopic (exact) mass is 271 g/mol. The number of hydrogen-bond acceptors (Lipinski definition) is 3. The summed E-state index contributed by atoms with van der Waals surface area (Å²) < 4.78 is 5.84. The van der Waals surface area contributed by atoms with Crippen LogP contribution in [0, 0.1) is 0 Å². The second-order valence-corrected chi connectivity index (χ2v) is 5.53.